The van der Waals surface area contributed by atoms with E-state index in [1.54, 1.807) is 0 Å². The van der Waals surface area contributed by atoms with Gasteiger partial charge in [0.1, 0.15) is 0 Å². The fourth-order valence-corrected chi connectivity index (χ4v) is 3.38. The van der Waals surface area contributed by atoms with E-state index in [4.69, 9.17) is 4.52 Å². The zero-order valence-electron chi connectivity index (χ0n) is 8.82. The molecular weight excluding hydrogens is 208 g/mol. The molecule has 4 heteroatoms. The standard InChI is InChI=1S/C11H16N2OS/c1-2-7-15-9(6-1)10-12-11(14-13-10)8-4-3-5-8/h8-9H,1-7H2/t9-/m1/s1. The van der Waals surface area contributed by atoms with Gasteiger partial charge < -0.3 is 4.52 Å². The van der Waals surface area contributed by atoms with Crippen LogP contribution in [0, 0.1) is 0 Å². The van der Waals surface area contributed by atoms with E-state index in [2.05, 4.69) is 10.1 Å². The van der Waals surface area contributed by atoms with Crippen molar-refractivity contribution in [2.45, 2.75) is 49.7 Å². The topological polar surface area (TPSA) is 38.9 Å². The first kappa shape index (κ1) is 9.70. The third-order valence-corrected chi connectivity index (χ3v) is 4.75. The molecule has 0 radical (unpaired) electrons. The maximum atomic E-state index is 5.35. The van der Waals surface area contributed by atoms with Gasteiger partial charge in [-0.2, -0.15) is 16.7 Å². The van der Waals surface area contributed by atoms with Crippen LogP contribution in [0.15, 0.2) is 4.52 Å². The second kappa shape index (κ2) is 4.16. The molecule has 1 aliphatic heterocycles. The number of thioether (sulfide) groups is 1. The smallest absolute Gasteiger partial charge is 0.229 e. The highest BCUT2D eigenvalue weighted by Gasteiger charge is 2.28. The molecule has 2 heterocycles. The van der Waals surface area contributed by atoms with Crippen molar-refractivity contribution in [3.63, 3.8) is 0 Å². The SMILES string of the molecule is C1CC[C@H](c2noc(C3CCC3)n2)SC1. The third-order valence-electron chi connectivity index (χ3n) is 3.38. The average Bonchev–Trinajstić information content (AvgIpc) is 2.66. The van der Waals surface area contributed by atoms with Crippen LogP contribution >= 0.6 is 11.8 Å². The zero-order chi connectivity index (χ0) is 10.1. The molecule has 1 aromatic heterocycles. The highest BCUT2D eigenvalue weighted by molar-refractivity contribution is 7.99. The highest BCUT2D eigenvalue weighted by Crippen LogP contribution is 2.39. The first-order valence-corrected chi connectivity index (χ1v) is 6.93. The van der Waals surface area contributed by atoms with E-state index >= 15 is 0 Å². The van der Waals surface area contributed by atoms with Gasteiger partial charge in [-0.1, -0.05) is 18.0 Å². The number of hydrogen-bond acceptors (Lipinski definition) is 4. The van der Waals surface area contributed by atoms with Crippen molar-refractivity contribution in [3.8, 4) is 0 Å². The monoisotopic (exact) mass is 224 g/mol. The van der Waals surface area contributed by atoms with Crippen LogP contribution in [-0.2, 0) is 0 Å². The van der Waals surface area contributed by atoms with Crippen LogP contribution < -0.4 is 0 Å². The van der Waals surface area contributed by atoms with Crippen molar-refractivity contribution in [2.75, 3.05) is 5.75 Å². The summed E-state index contributed by atoms with van der Waals surface area (Å²) in [5.41, 5.74) is 0. The molecular formula is C11H16N2OS. The predicted molar refractivity (Wildman–Crippen MR) is 59.9 cm³/mol. The van der Waals surface area contributed by atoms with Gasteiger partial charge in [-0.15, -0.1) is 0 Å². The van der Waals surface area contributed by atoms with Gasteiger partial charge in [0.25, 0.3) is 0 Å². The molecule has 3 nitrogen and oxygen atoms in total. The summed E-state index contributed by atoms with van der Waals surface area (Å²) in [5.74, 6) is 3.65. The Bertz CT molecular complexity index is 329. The summed E-state index contributed by atoms with van der Waals surface area (Å²) < 4.78 is 5.35. The van der Waals surface area contributed by atoms with E-state index in [1.165, 1.54) is 44.3 Å². The Morgan fingerprint density at radius 3 is 2.73 bits per heavy atom. The van der Waals surface area contributed by atoms with Crippen LogP contribution in [0.2, 0.25) is 0 Å². The minimum absolute atomic E-state index is 0.497. The summed E-state index contributed by atoms with van der Waals surface area (Å²) in [6, 6.07) is 0. The van der Waals surface area contributed by atoms with Gasteiger partial charge in [0.15, 0.2) is 5.82 Å². The van der Waals surface area contributed by atoms with Crippen LogP contribution in [0.25, 0.3) is 0 Å². The van der Waals surface area contributed by atoms with E-state index in [1.807, 2.05) is 11.8 Å². The maximum Gasteiger partial charge on any atom is 0.229 e. The largest absolute Gasteiger partial charge is 0.339 e. The predicted octanol–water partition coefficient (Wildman–Crippen LogP) is 3.30. The van der Waals surface area contributed by atoms with Gasteiger partial charge in [0.05, 0.1) is 5.25 Å². The van der Waals surface area contributed by atoms with E-state index in [0.29, 0.717) is 11.2 Å². The second-order valence-electron chi connectivity index (χ2n) is 4.47. The number of rotatable bonds is 2. The summed E-state index contributed by atoms with van der Waals surface area (Å²) in [5, 5.41) is 4.63. The fourth-order valence-electron chi connectivity index (χ4n) is 2.14. The van der Waals surface area contributed by atoms with Gasteiger partial charge in [-0.3, -0.25) is 0 Å². The Balaban J connectivity index is 1.71. The first-order valence-electron chi connectivity index (χ1n) is 5.88. The molecule has 2 aliphatic rings. The van der Waals surface area contributed by atoms with Crippen molar-refractivity contribution in [2.24, 2.45) is 0 Å². The summed E-state index contributed by atoms with van der Waals surface area (Å²) in [6.07, 6.45) is 7.66. The number of hydrogen-bond donors (Lipinski definition) is 0. The molecule has 2 fully saturated rings. The lowest BCUT2D eigenvalue weighted by molar-refractivity contribution is 0.291. The summed E-state index contributed by atoms with van der Waals surface area (Å²) >= 11 is 1.98. The third kappa shape index (κ3) is 1.92. The van der Waals surface area contributed by atoms with Crippen LogP contribution in [0.1, 0.15) is 61.4 Å². The Kier molecular flexibility index (Phi) is 2.69. The van der Waals surface area contributed by atoms with Gasteiger partial charge in [-0.05, 0) is 31.4 Å². The molecule has 0 bridgehead atoms. The van der Waals surface area contributed by atoms with Gasteiger partial charge in [-0.25, -0.2) is 0 Å². The summed E-state index contributed by atoms with van der Waals surface area (Å²) in [4.78, 5) is 4.56. The fraction of sp³-hybridized carbons (Fsp3) is 0.818. The lowest BCUT2D eigenvalue weighted by atomic mass is 9.85. The highest BCUT2D eigenvalue weighted by atomic mass is 32.2. The Morgan fingerprint density at radius 2 is 2.07 bits per heavy atom. The van der Waals surface area contributed by atoms with Crippen LogP contribution in [-0.4, -0.2) is 15.9 Å². The van der Waals surface area contributed by atoms with Crippen LogP contribution in [0.5, 0.6) is 0 Å². The molecule has 82 valence electrons. The molecule has 15 heavy (non-hydrogen) atoms. The molecule has 0 spiro atoms. The quantitative estimate of drug-likeness (QED) is 0.772. The van der Waals surface area contributed by atoms with Crippen molar-refractivity contribution < 1.29 is 4.52 Å². The molecule has 0 aromatic carbocycles. The van der Waals surface area contributed by atoms with Crippen LogP contribution in [0.4, 0.5) is 0 Å². The Labute approximate surface area is 94.0 Å². The van der Waals surface area contributed by atoms with E-state index in [9.17, 15) is 0 Å². The van der Waals surface area contributed by atoms with Gasteiger partial charge in [0, 0.05) is 5.92 Å². The first-order chi connectivity index (χ1) is 7.43. The molecule has 1 aromatic rings. The number of nitrogens with zero attached hydrogens (tertiary/aromatic N) is 2. The maximum absolute atomic E-state index is 5.35. The Hall–Kier alpha value is -0.510. The minimum Gasteiger partial charge on any atom is -0.339 e. The molecule has 1 aliphatic carbocycles. The minimum atomic E-state index is 0.497. The van der Waals surface area contributed by atoms with Crippen molar-refractivity contribution in [3.05, 3.63) is 11.7 Å². The van der Waals surface area contributed by atoms with E-state index in [0.717, 1.165) is 11.7 Å². The molecule has 3 rings (SSSR count). The number of aromatic nitrogens is 2. The second-order valence-corrected chi connectivity index (χ2v) is 5.78. The normalized spacial score (nSPS) is 27.6. The van der Waals surface area contributed by atoms with Crippen molar-refractivity contribution in [1.29, 1.82) is 0 Å². The summed E-state index contributed by atoms with van der Waals surface area (Å²) in [6.45, 7) is 0. The van der Waals surface area contributed by atoms with Gasteiger partial charge in [0.2, 0.25) is 5.89 Å². The van der Waals surface area contributed by atoms with Crippen molar-refractivity contribution in [1.82, 2.24) is 10.1 Å². The van der Waals surface area contributed by atoms with Crippen molar-refractivity contribution >= 4 is 11.8 Å². The molecule has 1 atom stereocenters. The lowest BCUT2D eigenvalue weighted by Gasteiger charge is -2.20. The van der Waals surface area contributed by atoms with Gasteiger partial charge >= 0.3 is 0 Å². The lowest BCUT2D eigenvalue weighted by Crippen LogP contribution is -2.09. The van der Waals surface area contributed by atoms with E-state index < -0.39 is 0 Å². The Morgan fingerprint density at radius 1 is 1.13 bits per heavy atom. The molecule has 1 saturated heterocycles. The molecule has 1 saturated carbocycles. The summed E-state index contributed by atoms with van der Waals surface area (Å²) in [7, 11) is 0. The zero-order valence-corrected chi connectivity index (χ0v) is 9.63. The molecule has 0 N–H and O–H groups in total. The average molecular weight is 224 g/mol. The molecule has 0 unspecified atom stereocenters. The van der Waals surface area contributed by atoms with E-state index in [-0.39, 0.29) is 0 Å². The van der Waals surface area contributed by atoms with Crippen LogP contribution in [0.3, 0.4) is 0 Å². The molecule has 0 amide bonds.